The topological polar surface area (TPSA) is 102 Å². The second-order valence-electron chi connectivity index (χ2n) is 7.39. The predicted octanol–water partition coefficient (Wildman–Crippen LogP) is 6.16. The van der Waals surface area contributed by atoms with Gasteiger partial charge >= 0.3 is 6.18 Å². The van der Waals surface area contributed by atoms with Gasteiger partial charge in [-0.3, -0.25) is 0 Å². The molecular weight excluding hydrogens is 445 g/mol. The molecule has 5 aromatic rings. The maximum absolute atomic E-state index is 12.9. The molecule has 0 amide bonds. The Bertz CT molecular complexity index is 1460. The minimum absolute atomic E-state index is 0.190. The molecule has 0 fully saturated rings. The summed E-state index contributed by atoms with van der Waals surface area (Å²) >= 11 is 0. The normalized spacial score (nSPS) is 11.5. The Morgan fingerprint density at radius 2 is 1.71 bits per heavy atom. The highest BCUT2D eigenvalue weighted by Crippen LogP contribution is 2.32. The maximum Gasteiger partial charge on any atom is 0.416 e. The van der Waals surface area contributed by atoms with Gasteiger partial charge in [-0.05, 0) is 60.2 Å². The minimum atomic E-state index is -4.41. The van der Waals surface area contributed by atoms with Crippen molar-refractivity contribution < 1.29 is 17.9 Å². The van der Waals surface area contributed by atoms with Crippen LogP contribution < -0.4 is 15.8 Å². The fourth-order valence-corrected chi connectivity index (χ4v) is 3.40. The zero-order valence-corrected chi connectivity index (χ0v) is 17.5. The number of H-pyrrole nitrogens is 1. The molecule has 170 valence electrons. The fourth-order valence-electron chi connectivity index (χ4n) is 3.40. The van der Waals surface area contributed by atoms with Gasteiger partial charge in [0.15, 0.2) is 0 Å². The van der Waals surface area contributed by atoms with Crippen LogP contribution in [0.15, 0.2) is 79.1 Å². The Labute approximate surface area is 191 Å². The van der Waals surface area contributed by atoms with Gasteiger partial charge in [0, 0.05) is 11.9 Å². The van der Waals surface area contributed by atoms with E-state index < -0.39 is 11.7 Å². The lowest BCUT2D eigenvalue weighted by molar-refractivity contribution is -0.137. The number of nitrogens with zero attached hydrogens (tertiary/aromatic N) is 3. The highest BCUT2D eigenvalue weighted by molar-refractivity contribution is 5.85. The van der Waals surface area contributed by atoms with E-state index in [0.717, 1.165) is 23.1 Å². The van der Waals surface area contributed by atoms with Gasteiger partial charge in [0.25, 0.3) is 0 Å². The van der Waals surface area contributed by atoms with Crippen molar-refractivity contribution in [3.8, 4) is 22.8 Å². The quantitative estimate of drug-likeness (QED) is 0.289. The van der Waals surface area contributed by atoms with Gasteiger partial charge in [-0.1, -0.05) is 12.1 Å². The molecule has 0 radical (unpaired) electrons. The largest absolute Gasteiger partial charge is 0.457 e. The Morgan fingerprint density at radius 1 is 0.912 bits per heavy atom. The van der Waals surface area contributed by atoms with Crippen molar-refractivity contribution in [3.63, 3.8) is 0 Å². The van der Waals surface area contributed by atoms with E-state index in [0.29, 0.717) is 28.7 Å². The molecule has 0 spiro atoms. The van der Waals surface area contributed by atoms with Crippen LogP contribution in [0.25, 0.3) is 22.2 Å². The average Bonchev–Trinajstić information content (AvgIpc) is 3.27. The number of nitrogens with two attached hydrogens (primary N) is 1. The summed E-state index contributed by atoms with van der Waals surface area (Å²) in [5.74, 6) is 1.72. The van der Waals surface area contributed by atoms with Crippen molar-refractivity contribution in [2.24, 2.45) is 0 Å². The predicted molar refractivity (Wildman–Crippen MR) is 123 cm³/mol. The lowest BCUT2D eigenvalue weighted by Gasteiger charge is -2.09. The van der Waals surface area contributed by atoms with E-state index in [1.165, 1.54) is 12.1 Å². The van der Waals surface area contributed by atoms with Crippen LogP contribution in [-0.2, 0) is 6.18 Å². The Balaban J connectivity index is 1.31. The van der Waals surface area contributed by atoms with Crippen LogP contribution in [0.5, 0.6) is 11.5 Å². The van der Waals surface area contributed by atoms with Gasteiger partial charge < -0.3 is 20.8 Å². The van der Waals surface area contributed by atoms with Gasteiger partial charge in [-0.2, -0.15) is 13.2 Å². The molecule has 0 unspecified atom stereocenters. The lowest BCUT2D eigenvalue weighted by atomic mass is 10.1. The monoisotopic (exact) mass is 462 g/mol. The van der Waals surface area contributed by atoms with Crippen LogP contribution in [0.1, 0.15) is 5.56 Å². The third-order valence-corrected chi connectivity index (χ3v) is 5.03. The van der Waals surface area contributed by atoms with Crippen LogP contribution in [0.2, 0.25) is 0 Å². The Kier molecular flexibility index (Phi) is 5.25. The number of alkyl halides is 3. The summed E-state index contributed by atoms with van der Waals surface area (Å²) in [5.41, 5.74) is 7.38. The molecule has 5 rings (SSSR count). The molecule has 10 heteroatoms. The number of nitrogens with one attached hydrogen (secondary N) is 2. The van der Waals surface area contributed by atoms with Crippen LogP contribution in [-0.4, -0.2) is 19.9 Å². The van der Waals surface area contributed by atoms with E-state index in [4.69, 9.17) is 10.5 Å². The van der Waals surface area contributed by atoms with E-state index in [-0.39, 0.29) is 11.6 Å². The number of benzene rings is 3. The van der Waals surface area contributed by atoms with Gasteiger partial charge in [0.2, 0.25) is 11.9 Å². The van der Waals surface area contributed by atoms with Crippen molar-refractivity contribution in [1.82, 2.24) is 19.9 Å². The van der Waals surface area contributed by atoms with Crippen molar-refractivity contribution in [2.45, 2.75) is 6.18 Å². The third-order valence-electron chi connectivity index (χ3n) is 5.03. The van der Waals surface area contributed by atoms with Crippen LogP contribution >= 0.6 is 0 Å². The number of rotatable bonds is 5. The van der Waals surface area contributed by atoms with Crippen molar-refractivity contribution in [2.75, 3.05) is 11.1 Å². The molecule has 0 aliphatic rings. The molecule has 3 aromatic carbocycles. The van der Waals surface area contributed by atoms with E-state index in [2.05, 4.69) is 25.3 Å². The summed E-state index contributed by atoms with van der Waals surface area (Å²) in [6.07, 6.45) is -1.20. The molecule has 0 aliphatic carbocycles. The van der Waals surface area contributed by atoms with E-state index >= 15 is 0 Å². The van der Waals surface area contributed by atoms with E-state index in [9.17, 15) is 13.2 Å². The van der Waals surface area contributed by atoms with Crippen LogP contribution in [0.4, 0.5) is 30.8 Å². The summed E-state index contributed by atoms with van der Waals surface area (Å²) in [6, 6.07) is 17.7. The zero-order chi connectivity index (χ0) is 23.7. The smallest absolute Gasteiger partial charge is 0.416 e. The van der Waals surface area contributed by atoms with Gasteiger partial charge in [-0.25, -0.2) is 15.0 Å². The van der Waals surface area contributed by atoms with Gasteiger partial charge in [0.1, 0.15) is 11.5 Å². The molecular formula is C24H17F3N6O. The molecule has 7 nitrogen and oxygen atoms in total. The molecule has 2 aromatic heterocycles. The zero-order valence-electron chi connectivity index (χ0n) is 17.5. The maximum atomic E-state index is 12.9. The van der Waals surface area contributed by atoms with Crippen molar-refractivity contribution >= 4 is 28.5 Å². The minimum Gasteiger partial charge on any atom is -0.457 e. The summed E-state index contributed by atoms with van der Waals surface area (Å²) < 4.78 is 44.8. The molecule has 0 bridgehead atoms. The average molecular weight is 462 g/mol. The van der Waals surface area contributed by atoms with E-state index in [1.54, 1.807) is 24.5 Å². The lowest BCUT2D eigenvalue weighted by Crippen LogP contribution is -2.05. The number of fused-ring (bicyclic) bond motifs is 1. The number of imidazole rings is 1. The van der Waals surface area contributed by atoms with Gasteiger partial charge in [-0.15, -0.1) is 0 Å². The number of hydrogen-bond donors (Lipinski definition) is 3. The molecule has 34 heavy (non-hydrogen) atoms. The second-order valence-corrected chi connectivity index (χ2v) is 7.39. The second kappa shape index (κ2) is 8.39. The number of hydrogen-bond acceptors (Lipinski definition) is 6. The SMILES string of the molecule is Nc1ncc2c(Oc3ccc(-c4cnc(Nc5cccc(C(F)(F)F)c5)[nH]4)cc3)cccc2n1. The highest BCUT2D eigenvalue weighted by atomic mass is 19.4. The Hall–Kier alpha value is -4.60. The highest BCUT2D eigenvalue weighted by Gasteiger charge is 2.30. The third kappa shape index (κ3) is 4.46. The van der Waals surface area contributed by atoms with Crippen molar-refractivity contribution in [3.05, 3.63) is 84.7 Å². The van der Waals surface area contributed by atoms with Crippen LogP contribution in [0, 0.1) is 0 Å². The first kappa shape index (κ1) is 21.3. The molecule has 0 atom stereocenters. The molecule has 0 saturated carbocycles. The number of anilines is 3. The molecule has 4 N–H and O–H groups in total. The summed E-state index contributed by atoms with van der Waals surface area (Å²) in [5, 5.41) is 3.60. The number of nitrogen functional groups attached to an aromatic ring is 1. The standard InChI is InChI=1S/C24H17F3N6O/c25-24(26,27)15-3-1-4-16(11-15)31-23-30-13-20(33-23)14-7-9-17(10-8-14)34-21-6-2-5-19-18(21)12-29-22(28)32-19/h1-13H,(H2,28,29,32)(H2,30,31,33). The first-order chi connectivity index (χ1) is 16.3. The number of aromatic nitrogens is 4. The van der Waals surface area contributed by atoms with Crippen molar-refractivity contribution in [1.29, 1.82) is 0 Å². The number of aromatic amines is 1. The summed E-state index contributed by atoms with van der Waals surface area (Å²) in [4.78, 5) is 15.5. The van der Waals surface area contributed by atoms with E-state index in [1.807, 2.05) is 30.3 Å². The molecule has 0 saturated heterocycles. The molecule has 2 heterocycles. The Morgan fingerprint density at radius 3 is 2.50 bits per heavy atom. The molecule has 0 aliphatic heterocycles. The summed E-state index contributed by atoms with van der Waals surface area (Å²) in [6.45, 7) is 0. The number of halogens is 3. The fraction of sp³-hybridized carbons (Fsp3) is 0.0417. The first-order valence-electron chi connectivity index (χ1n) is 10.1. The van der Waals surface area contributed by atoms with Gasteiger partial charge in [0.05, 0.1) is 28.4 Å². The number of ether oxygens (including phenoxy) is 1. The summed E-state index contributed by atoms with van der Waals surface area (Å²) in [7, 11) is 0. The van der Waals surface area contributed by atoms with Crippen LogP contribution in [0.3, 0.4) is 0 Å². The first-order valence-corrected chi connectivity index (χ1v) is 10.1.